The van der Waals surface area contributed by atoms with Crippen LogP contribution in [0.2, 0.25) is 0 Å². The second-order valence-electron chi connectivity index (χ2n) is 8.17. The molecular weight excluding hydrogens is 400 g/mol. The number of benzene rings is 1. The molecule has 7 heteroatoms. The van der Waals surface area contributed by atoms with Gasteiger partial charge >= 0.3 is 0 Å². The molecule has 1 aromatic carbocycles. The highest BCUT2D eigenvalue weighted by molar-refractivity contribution is 8.18. The number of carbonyl (C=O) groups is 3. The molecule has 3 rings (SSSR count). The van der Waals surface area contributed by atoms with Crippen LogP contribution < -0.4 is 4.74 Å². The summed E-state index contributed by atoms with van der Waals surface area (Å²) in [6.45, 7) is 7.34. The molecule has 0 radical (unpaired) electrons. The Balaban J connectivity index is 1.79. The van der Waals surface area contributed by atoms with Crippen molar-refractivity contribution in [2.75, 3.05) is 26.7 Å². The summed E-state index contributed by atoms with van der Waals surface area (Å²) >= 11 is 0.899. The summed E-state index contributed by atoms with van der Waals surface area (Å²) in [5.74, 6) is 0.530. The number of nitrogens with zero attached hydrogens (tertiary/aromatic N) is 2. The number of amides is 3. The molecule has 0 N–H and O–H groups in total. The SMILES string of the molecule is COc1cc(C)c(C=C2SC(=O)N(CC(=O)N3CCCCCC3)C2=O)cc1C(C)C. The van der Waals surface area contributed by atoms with Gasteiger partial charge in [0.15, 0.2) is 0 Å². The van der Waals surface area contributed by atoms with Gasteiger partial charge in [0.2, 0.25) is 5.91 Å². The molecular formula is C23H30N2O4S. The maximum atomic E-state index is 12.9. The molecule has 30 heavy (non-hydrogen) atoms. The summed E-state index contributed by atoms with van der Waals surface area (Å²) < 4.78 is 5.48. The van der Waals surface area contributed by atoms with Crippen LogP contribution in [0.4, 0.5) is 4.79 Å². The molecule has 0 aromatic heterocycles. The Kier molecular flexibility index (Phi) is 7.23. The second-order valence-corrected chi connectivity index (χ2v) is 9.16. The van der Waals surface area contributed by atoms with Crippen LogP contribution in [0.5, 0.6) is 5.75 Å². The van der Waals surface area contributed by atoms with E-state index in [0.29, 0.717) is 18.0 Å². The Morgan fingerprint density at radius 2 is 1.83 bits per heavy atom. The standard InChI is InChI=1S/C23H30N2O4S/c1-15(2)18-12-17(16(3)11-19(18)29-4)13-20-22(27)25(23(28)30-20)14-21(26)24-9-7-5-6-8-10-24/h11-13,15H,5-10,14H2,1-4H3. The number of likely N-dealkylation sites (tertiary alicyclic amines) is 1. The minimum Gasteiger partial charge on any atom is -0.496 e. The summed E-state index contributed by atoms with van der Waals surface area (Å²) in [5, 5.41) is -0.385. The van der Waals surface area contributed by atoms with Gasteiger partial charge in [-0.15, -0.1) is 0 Å². The van der Waals surface area contributed by atoms with E-state index < -0.39 is 5.91 Å². The molecule has 2 heterocycles. The summed E-state index contributed by atoms with van der Waals surface area (Å²) in [6.07, 6.45) is 5.94. The molecule has 0 atom stereocenters. The van der Waals surface area contributed by atoms with Crippen molar-refractivity contribution < 1.29 is 19.1 Å². The Labute approximate surface area is 182 Å². The lowest BCUT2D eigenvalue weighted by atomic mass is 9.96. The Morgan fingerprint density at radius 3 is 2.43 bits per heavy atom. The molecule has 162 valence electrons. The van der Waals surface area contributed by atoms with Gasteiger partial charge in [-0.1, -0.05) is 26.7 Å². The van der Waals surface area contributed by atoms with Crippen LogP contribution in [-0.2, 0) is 9.59 Å². The molecule has 0 spiro atoms. The molecule has 0 saturated carbocycles. The smallest absolute Gasteiger partial charge is 0.294 e. The van der Waals surface area contributed by atoms with Gasteiger partial charge in [0, 0.05) is 13.1 Å². The Hall–Kier alpha value is -2.28. The van der Waals surface area contributed by atoms with E-state index in [1.807, 2.05) is 19.1 Å². The van der Waals surface area contributed by atoms with E-state index in [9.17, 15) is 14.4 Å². The zero-order chi connectivity index (χ0) is 21.8. The van der Waals surface area contributed by atoms with Gasteiger partial charge in [0.1, 0.15) is 12.3 Å². The lowest BCUT2D eigenvalue weighted by Crippen LogP contribution is -2.42. The predicted octanol–water partition coefficient (Wildman–Crippen LogP) is 4.57. The fourth-order valence-electron chi connectivity index (χ4n) is 3.83. The van der Waals surface area contributed by atoms with Gasteiger partial charge in [-0.05, 0) is 72.3 Å². The maximum Gasteiger partial charge on any atom is 0.294 e. The van der Waals surface area contributed by atoms with E-state index >= 15 is 0 Å². The van der Waals surface area contributed by atoms with E-state index in [-0.39, 0.29) is 23.6 Å². The lowest BCUT2D eigenvalue weighted by molar-refractivity contribution is -0.135. The average Bonchev–Trinajstić information content (AvgIpc) is 2.91. The van der Waals surface area contributed by atoms with Crippen LogP contribution in [0.25, 0.3) is 6.08 Å². The third-order valence-electron chi connectivity index (χ3n) is 5.65. The monoisotopic (exact) mass is 430 g/mol. The van der Waals surface area contributed by atoms with E-state index in [0.717, 1.165) is 64.8 Å². The number of thioether (sulfide) groups is 1. The van der Waals surface area contributed by atoms with Crippen LogP contribution in [0, 0.1) is 6.92 Å². The first-order chi connectivity index (χ1) is 14.3. The van der Waals surface area contributed by atoms with Crippen LogP contribution in [0.15, 0.2) is 17.0 Å². The molecule has 2 aliphatic heterocycles. The molecule has 2 aliphatic rings. The summed E-state index contributed by atoms with van der Waals surface area (Å²) in [6, 6.07) is 3.96. The number of rotatable bonds is 5. The molecule has 0 aliphatic carbocycles. The lowest BCUT2D eigenvalue weighted by Gasteiger charge is -2.22. The minimum absolute atomic E-state index is 0.150. The molecule has 1 aromatic rings. The van der Waals surface area contributed by atoms with Crippen molar-refractivity contribution in [3.05, 3.63) is 33.7 Å². The second kappa shape index (κ2) is 9.69. The summed E-state index contributed by atoms with van der Waals surface area (Å²) in [5.41, 5.74) is 2.89. The Morgan fingerprint density at radius 1 is 1.17 bits per heavy atom. The summed E-state index contributed by atoms with van der Waals surface area (Å²) in [7, 11) is 1.65. The fourth-order valence-corrected chi connectivity index (χ4v) is 4.66. The zero-order valence-electron chi connectivity index (χ0n) is 18.2. The highest BCUT2D eigenvalue weighted by Gasteiger charge is 2.37. The zero-order valence-corrected chi connectivity index (χ0v) is 19.0. The van der Waals surface area contributed by atoms with Gasteiger partial charge in [-0.2, -0.15) is 0 Å². The number of imide groups is 1. The van der Waals surface area contributed by atoms with E-state index in [2.05, 4.69) is 13.8 Å². The number of carbonyl (C=O) groups excluding carboxylic acids is 3. The number of aryl methyl sites for hydroxylation is 1. The van der Waals surface area contributed by atoms with Gasteiger partial charge < -0.3 is 9.64 Å². The maximum absolute atomic E-state index is 12.9. The van der Waals surface area contributed by atoms with E-state index in [1.54, 1.807) is 18.1 Å². The average molecular weight is 431 g/mol. The van der Waals surface area contributed by atoms with Gasteiger partial charge in [-0.25, -0.2) is 0 Å². The normalized spacial score (nSPS) is 19.0. The van der Waals surface area contributed by atoms with Crippen molar-refractivity contribution in [2.45, 2.75) is 52.4 Å². The van der Waals surface area contributed by atoms with Crippen LogP contribution in [0.3, 0.4) is 0 Å². The Bertz CT molecular complexity index is 870. The van der Waals surface area contributed by atoms with Crippen molar-refractivity contribution in [1.82, 2.24) is 9.80 Å². The van der Waals surface area contributed by atoms with Crippen LogP contribution >= 0.6 is 11.8 Å². The summed E-state index contributed by atoms with van der Waals surface area (Å²) in [4.78, 5) is 41.2. The van der Waals surface area contributed by atoms with Gasteiger partial charge in [0.25, 0.3) is 11.1 Å². The molecule has 2 fully saturated rings. The van der Waals surface area contributed by atoms with Crippen molar-refractivity contribution in [1.29, 1.82) is 0 Å². The van der Waals surface area contributed by atoms with Gasteiger partial charge in [0.05, 0.1) is 12.0 Å². The molecule has 0 unspecified atom stereocenters. The molecule has 2 saturated heterocycles. The van der Waals surface area contributed by atoms with Gasteiger partial charge in [-0.3, -0.25) is 19.3 Å². The van der Waals surface area contributed by atoms with Crippen molar-refractivity contribution in [3.63, 3.8) is 0 Å². The topological polar surface area (TPSA) is 66.9 Å². The van der Waals surface area contributed by atoms with Crippen LogP contribution in [-0.4, -0.2) is 53.6 Å². The fraction of sp³-hybridized carbons (Fsp3) is 0.522. The molecule has 3 amide bonds. The highest BCUT2D eigenvalue weighted by Crippen LogP contribution is 2.35. The van der Waals surface area contributed by atoms with Crippen molar-refractivity contribution >= 4 is 34.9 Å². The van der Waals surface area contributed by atoms with Crippen LogP contribution in [0.1, 0.15) is 62.1 Å². The number of methoxy groups -OCH3 is 1. The van der Waals surface area contributed by atoms with Crippen molar-refractivity contribution in [3.8, 4) is 5.75 Å². The third-order valence-corrected chi connectivity index (χ3v) is 6.56. The largest absolute Gasteiger partial charge is 0.496 e. The minimum atomic E-state index is -0.394. The van der Waals surface area contributed by atoms with E-state index in [4.69, 9.17) is 4.74 Å². The number of ether oxygens (including phenoxy) is 1. The first-order valence-corrected chi connectivity index (χ1v) is 11.3. The third kappa shape index (κ3) is 4.89. The number of hydrogen-bond donors (Lipinski definition) is 0. The van der Waals surface area contributed by atoms with Crippen molar-refractivity contribution in [2.24, 2.45) is 0 Å². The highest BCUT2D eigenvalue weighted by atomic mass is 32.2. The molecule has 6 nitrogen and oxygen atoms in total. The predicted molar refractivity (Wildman–Crippen MR) is 120 cm³/mol. The number of hydrogen-bond acceptors (Lipinski definition) is 5. The molecule has 0 bridgehead atoms. The van der Waals surface area contributed by atoms with E-state index in [1.165, 1.54) is 0 Å². The first kappa shape index (κ1) is 22.4. The quantitative estimate of drug-likeness (QED) is 0.641. The first-order valence-electron chi connectivity index (χ1n) is 10.5.